The summed E-state index contributed by atoms with van der Waals surface area (Å²) in [6, 6.07) is -6.81. The molecule has 3 aromatic heterocycles. The molecule has 50 heteroatoms. The van der Waals surface area contributed by atoms with Gasteiger partial charge in [0.05, 0.1) is 50.0 Å². The van der Waals surface area contributed by atoms with E-state index in [1.165, 1.54) is 64.0 Å². The second-order valence-corrected chi connectivity index (χ2v) is 37.0. The highest BCUT2D eigenvalue weighted by molar-refractivity contribution is 8.00. The summed E-state index contributed by atoms with van der Waals surface area (Å²) in [5.41, 5.74) is 13.3. The lowest BCUT2D eigenvalue weighted by atomic mass is 10.00. The lowest BCUT2D eigenvalue weighted by molar-refractivity contribution is -0.149. The highest BCUT2D eigenvalue weighted by Crippen LogP contribution is 2.28. The summed E-state index contributed by atoms with van der Waals surface area (Å²) in [6.07, 6.45) is 4.28. The number of nitrogens with zero attached hydrogens (tertiary/aromatic N) is 6. The molecule has 146 heavy (non-hydrogen) atoms. The second-order valence-electron chi connectivity index (χ2n) is 36.0. The van der Waals surface area contributed by atoms with Crippen LogP contribution in [-0.4, -0.2) is 356 Å². The minimum Gasteiger partial charge on any atom is -0.508 e. The van der Waals surface area contributed by atoms with Crippen LogP contribution in [0.15, 0.2) is 97.7 Å². The maximum Gasteiger partial charge on any atom is 0.305 e. The van der Waals surface area contributed by atoms with E-state index in [-0.39, 0.29) is 69.4 Å². The van der Waals surface area contributed by atoms with E-state index in [4.69, 9.17) is 17.9 Å². The van der Waals surface area contributed by atoms with Gasteiger partial charge in [0.15, 0.2) is 0 Å². The number of nitrogens with two attached hydrogens (primary N) is 2. The number of nitrogens with one attached hydrogen (secondary N) is 15. The average molecular weight is 2050 g/mol. The molecule has 19 amide bonds. The van der Waals surface area contributed by atoms with Gasteiger partial charge in [-0.25, -0.2) is 4.98 Å². The van der Waals surface area contributed by atoms with Crippen molar-refractivity contribution in [1.29, 1.82) is 0 Å². The van der Waals surface area contributed by atoms with Crippen molar-refractivity contribution in [3.8, 4) is 18.1 Å². The van der Waals surface area contributed by atoms with Crippen molar-refractivity contribution in [1.82, 2.24) is 108 Å². The van der Waals surface area contributed by atoms with Crippen LogP contribution in [0.25, 0.3) is 21.8 Å². The molecule has 3 fully saturated rings. The van der Waals surface area contributed by atoms with Crippen LogP contribution in [0.1, 0.15) is 139 Å². The molecule has 6 aromatic rings. The van der Waals surface area contributed by atoms with Gasteiger partial charge in [0.2, 0.25) is 112 Å². The number of aliphatic carboxylic acids is 2. The number of carboxylic acid groups (broad SMARTS) is 2. The van der Waals surface area contributed by atoms with E-state index >= 15 is 43.2 Å². The van der Waals surface area contributed by atoms with Crippen LogP contribution >= 0.6 is 11.8 Å². The van der Waals surface area contributed by atoms with E-state index in [0.29, 0.717) is 63.1 Å². The van der Waals surface area contributed by atoms with Gasteiger partial charge in [-0.2, -0.15) is 0 Å². The minimum atomic E-state index is -1.99. The van der Waals surface area contributed by atoms with Crippen molar-refractivity contribution in [2.24, 2.45) is 11.5 Å². The van der Waals surface area contributed by atoms with Gasteiger partial charge >= 0.3 is 11.9 Å². The Labute approximate surface area is 842 Å². The molecule has 0 radical (unpaired) electrons. The lowest BCUT2D eigenvalue weighted by Crippen LogP contribution is -2.62. The number of aromatic hydroxyl groups is 1. The number of thioether (sulfide) groups is 1. The summed E-state index contributed by atoms with van der Waals surface area (Å²) in [6.45, 7) is 1.06. The fourth-order valence-electron chi connectivity index (χ4n) is 17.2. The number of rotatable bonds is 31. The number of amides is 19. The average Bonchev–Trinajstić information content (AvgIpc) is 1.68. The number of primary amides is 2. The summed E-state index contributed by atoms with van der Waals surface area (Å²) < 4.78 is 0. The number of hydrogen-bond acceptors (Lipinski definition) is 26. The molecular formula is C96H127N23O26S. The largest absolute Gasteiger partial charge is 0.508 e. The number of likely N-dealkylation sites (N-methyl/N-ethyl adjacent to an activating group) is 3. The Balaban J connectivity index is 1.12. The van der Waals surface area contributed by atoms with Gasteiger partial charge in [-0.15, -0.1) is 24.1 Å². The van der Waals surface area contributed by atoms with Crippen molar-refractivity contribution in [2.45, 2.75) is 239 Å². The summed E-state index contributed by atoms with van der Waals surface area (Å²) in [4.78, 5) is 320. The van der Waals surface area contributed by atoms with Crippen LogP contribution in [0.4, 0.5) is 0 Å². The molecular weight excluding hydrogens is 1920 g/mol. The molecule has 0 spiro atoms. The zero-order valence-corrected chi connectivity index (χ0v) is 82.3. The number of phenols is 1. The third-order valence-corrected chi connectivity index (χ3v) is 26.3. The summed E-state index contributed by atoms with van der Waals surface area (Å²) >= 11 is 0.616. The van der Waals surface area contributed by atoms with E-state index in [9.17, 15) is 83.1 Å². The molecule has 3 saturated heterocycles. The molecule has 6 heterocycles. The van der Waals surface area contributed by atoms with E-state index in [2.05, 4.69) is 89.7 Å². The predicted octanol–water partition coefficient (Wildman–Crippen LogP) is -4.88. The van der Waals surface area contributed by atoms with Crippen molar-refractivity contribution in [3.05, 3.63) is 120 Å². The molecule has 3 aliphatic rings. The third-order valence-electron chi connectivity index (χ3n) is 25.3. The number of terminal acetylenes is 1. The van der Waals surface area contributed by atoms with Crippen LogP contribution < -0.4 is 75.3 Å². The summed E-state index contributed by atoms with van der Waals surface area (Å²) in [5, 5.41) is 84.4. The summed E-state index contributed by atoms with van der Waals surface area (Å²) in [7, 11) is 3.64. The molecule has 0 bridgehead atoms. The van der Waals surface area contributed by atoms with Gasteiger partial charge in [-0.3, -0.25) is 101 Å². The Bertz CT molecular complexity index is 5770. The first kappa shape index (κ1) is 114. The zero-order valence-electron chi connectivity index (χ0n) is 81.5. The number of carbonyl (C=O) groups excluding carboxylic acids is 19. The summed E-state index contributed by atoms with van der Waals surface area (Å²) in [5.74, 6) is -22.7. The molecule has 24 N–H and O–H groups in total. The van der Waals surface area contributed by atoms with Gasteiger partial charge in [0, 0.05) is 132 Å². The van der Waals surface area contributed by atoms with E-state index in [1.807, 2.05) is 0 Å². The molecule has 9 rings (SSSR count). The van der Waals surface area contributed by atoms with Crippen LogP contribution in [-0.2, 0) is 126 Å². The van der Waals surface area contributed by atoms with E-state index in [0.717, 1.165) is 31.5 Å². The smallest absolute Gasteiger partial charge is 0.305 e. The SMILES string of the molecule is C#CC[C@H](NC(=O)CNC(=O)[C@@H]1CSCC(=O)N[C@@H](Cc2ccc(O)cc2)C(=O)N(C)[C@@H](C)C(=O)N[C@@H](CC(=O)O)C(=O)N2CCC[C@H]2C(=O)N[C@@H](Cc2c[nH]cn2)C(=O)N[C@@H](CCC(N)=O)C(=O)N2C[C@H](O)C[C@H]2C(=O)N[C@@H](Cc2c[nH]c3ccccc23)C(=O)N[C@@H](CO)C(=O)N[C@@H](Cc2c[nH]c3ccccc23)C(=O)N(C)[C@@H](CCCC)C(=O)N(C)[C@@H](CCCC)C(=O)N[C@@H](CCC(=O)O)C(=O)N1)C(=O)NCC(N)=O. The fourth-order valence-corrected chi connectivity index (χ4v) is 18.1. The number of H-pyrrole nitrogens is 3. The minimum absolute atomic E-state index is 0.0766. The highest BCUT2D eigenvalue weighted by atomic mass is 32.2. The molecule has 3 aliphatic heterocycles. The monoisotopic (exact) mass is 2050 g/mol. The standard InChI is InChI=1S/C96H127N23O26S/c1-8-11-23-72-89(138)107-63(31-33-80(127)128)85(134)114-71(84(133)103-45-78(125)105-62(18-10-3)83(132)102-44-77(98)124)48-146-49-79(126)106-67(35-52-26-28-56(121)29-27-52)92(141)115(5)51(4)82(131)111-69(40-81(129)130)95(144)118-34-17-25-73(118)90(139)110-66(38-55-43-99-50-104-55)87(136)108-64(30-32-76(97)123)94(143)119-46-57(122)39-75(119)91(140)109-65(36-53-41-100-60-21-15-13-19-58(53)60)86(135)113-70(47-120)88(137)112-68(37-54-42-101-61-22-16-14-20-59(54)61)93(142)117(7)74(24-12-9-2)96(145)116(72)6/h3,13-16,19-22,26-29,41-43,50-51,57,62-75,100-101,120-122H,8-9,11-12,17-18,23-25,30-40,44-49H2,1-2,4-7H3,(H2,97,123)(H2,98,124)(H,99,104)(H,102,132)(H,103,133)(H,105,125)(H,106,126)(H,107,138)(H,108,136)(H,109,140)(H,110,139)(H,111,131)(H,112,137)(H,113,135)(H,114,134)(H,127,128)(H,129,130)/t51-,57+,62-,63-,64-,65-,66-,67-,68-,69-,70-,71-,72-,73-,74-,75-/m0/s1. The number of hydrogen-bond donors (Lipinski definition) is 22. The topological polar surface area (TPSA) is 732 Å². The van der Waals surface area contributed by atoms with Gasteiger partial charge in [-0.05, 0) is 86.4 Å². The Kier molecular flexibility index (Phi) is 42.8. The first-order chi connectivity index (χ1) is 69.5. The number of para-hydroxylation sites is 2. The van der Waals surface area contributed by atoms with Crippen molar-refractivity contribution in [2.75, 3.05) is 65.4 Å². The molecule has 3 aromatic carbocycles. The normalized spacial score (nSPS) is 23.8. The number of aromatic nitrogens is 4. The molecule has 788 valence electrons. The number of aliphatic hydroxyl groups excluding tert-OH is 2. The molecule has 0 saturated carbocycles. The first-order valence-electron chi connectivity index (χ1n) is 47.7. The molecule has 49 nitrogen and oxygen atoms in total. The van der Waals surface area contributed by atoms with Crippen LogP contribution in [0.2, 0.25) is 0 Å². The molecule has 0 aliphatic carbocycles. The lowest BCUT2D eigenvalue weighted by Gasteiger charge is -2.36. The van der Waals surface area contributed by atoms with Gasteiger partial charge in [0.25, 0.3) is 0 Å². The zero-order chi connectivity index (χ0) is 107. The fraction of sp³-hybridized carbons (Fsp3) is 0.500. The van der Waals surface area contributed by atoms with Gasteiger partial charge in [-0.1, -0.05) is 88.1 Å². The third kappa shape index (κ3) is 32.2. The number of aromatic amines is 3. The molecule has 16 atom stereocenters. The highest BCUT2D eigenvalue weighted by Gasteiger charge is 2.47. The van der Waals surface area contributed by atoms with Gasteiger partial charge < -0.3 is 140 Å². The maximum absolute atomic E-state index is 15.8. The van der Waals surface area contributed by atoms with Crippen molar-refractivity contribution in [3.63, 3.8) is 0 Å². The first-order valence-corrected chi connectivity index (χ1v) is 48.8. The predicted molar refractivity (Wildman–Crippen MR) is 523 cm³/mol. The number of phenolic OH excluding ortho intramolecular Hbond substituents is 1. The number of carbonyl (C=O) groups is 21. The molecule has 0 unspecified atom stereocenters. The number of fused-ring (bicyclic) bond motifs is 4. The van der Waals surface area contributed by atoms with Crippen LogP contribution in [0, 0.1) is 12.3 Å². The number of benzene rings is 3. The van der Waals surface area contributed by atoms with E-state index in [1.54, 1.807) is 68.6 Å². The number of aliphatic hydroxyl groups is 2. The number of carboxylic acids is 2. The van der Waals surface area contributed by atoms with Gasteiger partial charge in [0.1, 0.15) is 96.4 Å². The Morgan fingerprint density at radius 2 is 1.09 bits per heavy atom. The Hall–Kier alpha value is -15.6. The number of unbranched alkanes of at least 4 members (excludes halogenated alkanes) is 2. The van der Waals surface area contributed by atoms with Crippen molar-refractivity contribution < 1.29 is 126 Å². The van der Waals surface area contributed by atoms with E-state index < -0.39 is 316 Å². The maximum atomic E-state index is 15.8. The van der Waals surface area contributed by atoms with Crippen molar-refractivity contribution >= 4 is 158 Å². The van der Waals surface area contributed by atoms with Crippen LogP contribution in [0.5, 0.6) is 5.75 Å². The Morgan fingerprint density at radius 1 is 0.548 bits per heavy atom. The van der Waals surface area contributed by atoms with Crippen LogP contribution in [0.3, 0.4) is 0 Å². The Morgan fingerprint density at radius 3 is 1.68 bits per heavy atom. The number of imidazole rings is 1. The quantitative estimate of drug-likeness (QED) is 0.0181. The second kappa shape index (κ2) is 54.8.